The molecule has 2 aromatic heterocycles. The molecule has 0 spiro atoms. The van der Waals surface area contributed by atoms with Gasteiger partial charge in [0, 0.05) is 36.9 Å². The number of hydrogen-bond donors (Lipinski definition) is 1. The van der Waals surface area contributed by atoms with Gasteiger partial charge in [-0.2, -0.15) is 0 Å². The minimum atomic E-state index is -0.473. The van der Waals surface area contributed by atoms with Gasteiger partial charge >= 0.3 is 5.97 Å². The third kappa shape index (κ3) is 5.48. The summed E-state index contributed by atoms with van der Waals surface area (Å²) >= 11 is 0. The van der Waals surface area contributed by atoms with Gasteiger partial charge in [-0.15, -0.1) is 0 Å². The maximum Gasteiger partial charge on any atom is 0.338 e. The minimum absolute atomic E-state index is 0.0394. The molecule has 3 heterocycles. The largest absolute Gasteiger partial charge is 0.465 e. The number of pyridine rings is 2. The van der Waals surface area contributed by atoms with Crippen molar-refractivity contribution in [3.63, 3.8) is 0 Å². The molecular formula is C31H30N4O3. The highest BCUT2D eigenvalue weighted by Gasteiger charge is 2.33. The molecule has 1 atom stereocenters. The number of carbonyl (C=O) groups excluding carboxylic acids is 2. The third-order valence-electron chi connectivity index (χ3n) is 6.84. The number of benzene rings is 2. The molecule has 1 aliphatic rings. The first-order chi connectivity index (χ1) is 18.5. The van der Waals surface area contributed by atoms with Crippen molar-refractivity contribution in [2.45, 2.75) is 32.4 Å². The summed E-state index contributed by atoms with van der Waals surface area (Å²) in [5.74, 6) is -0.445. The second-order valence-electron chi connectivity index (χ2n) is 9.38. The molecule has 0 bridgehead atoms. The monoisotopic (exact) mass is 506 g/mol. The number of fused-ring (bicyclic) bond motifs is 1. The van der Waals surface area contributed by atoms with Crippen LogP contribution < -0.4 is 10.2 Å². The average molecular weight is 507 g/mol. The topological polar surface area (TPSA) is 84.4 Å². The molecule has 0 radical (unpaired) electrons. The van der Waals surface area contributed by atoms with E-state index in [2.05, 4.69) is 15.3 Å². The predicted octanol–water partition coefficient (Wildman–Crippen LogP) is 4.53. The molecule has 1 amide bonds. The molecule has 1 aliphatic heterocycles. The molecule has 5 rings (SSSR count). The Morgan fingerprint density at radius 3 is 2.53 bits per heavy atom. The molecule has 1 unspecified atom stereocenters. The smallest absolute Gasteiger partial charge is 0.338 e. The van der Waals surface area contributed by atoms with Gasteiger partial charge in [0.2, 0.25) is 5.91 Å². The summed E-state index contributed by atoms with van der Waals surface area (Å²) in [5.41, 5.74) is 6.65. The lowest BCUT2D eigenvalue weighted by atomic mass is 9.97. The van der Waals surface area contributed by atoms with E-state index in [-0.39, 0.29) is 5.91 Å². The van der Waals surface area contributed by atoms with Crippen LogP contribution in [0.4, 0.5) is 5.69 Å². The van der Waals surface area contributed by atoms with Gasteiger partial charge in [-0.25, -0.2) is 4.79 Å². The number of rotatable bonds is 8. The van der Waals surface area contributed by atoms with Crippen LogP contribution in [0, 0.1) is 6.92 Å². The number of nitrogens with one attached hydrogen (secondary N) is 1. The van der Waals surface area contributed by atoms with Crippen LogP contribution in [0.2, 0.25) is 0 Å². The van der Waals surface area contributed by atoms with Crippen LogP contribution in [0.25, 0.3) is 11.1 Å². The van der Waals surface area contributed by atoms with Crippen molar-refractivity contribution >= 4 is 17.6 Å². The van der Waals surface area contributed by atoms with E-state index in [4.69, 9.17) is 4.74 Å². The fourth-order valence-electron chi connectivity index (χ4n) is 4.93. The SMILES string of the molecule is COC(=O)c1cc(-c2ccnc(C)c2)cc2c1CCN2C(=O)C(Cc1ccccc1)NCc1ccccn1. The normalized spacial score (nSPS) is 13.2. The molecule has 0 saturated heterocycles. The third-order valence-corrected chi connectivity index (χ3v) is 6.84. The fraction of sp³-hybridized carbons (Fsp3) is 0.226. The van der Waals surface area contributed by atoms with Crippen LogP contribution in [0.15, 0.2) is 85.2 Å². The molecule has 7 heteroatoms. The zero-order valence-corrected chi connectivity index (χ0v) is 21.6. The molecule has 0 saturated carbocycles. The van der Waals surface area contributed by atoms with E-state index in [0.717, 1.165) is 39.3 Å². The number of anilines is 1. The van der Waals surface area contributed by atoms with Crippen LogP contribution >= 0.6 is 0 Å². The standard InChI is InChI=1S/C31H30N4O3/c1-21-16-23(11-14-32-21)24-18-27(31(37)38-2)26-12-15-35(29(26)19-24)30(36)28(17-22-8-4-3-5-9-22)34-20-25-10-6-7-13-33-25/h3-11,13-14,16,18-19,28,34H,12,15,17,20H2,1-2H3. The summed E-state index contributed by atoms with van der Waals surface area (Å²) in [6, 6.07) is 23.0. The van der Waals surface area contributed by atoms with Gasteiger partial charge in [-0.05, 0) is 78.4 Å². The first-order valence-corrected chi connectivity index (χ1v) is 12.7. The van der Waals surface area contributed by atoms with E-state index < -0.39 is 12.0 Å². The highest BCUT2D eigenvalue weighted by Crippen LogP contribution is 2.37. The Labute approximate surface area is 222 Å². The first-order valence-electron chi connectivity index (χ1n) is 12.7. The number of aryl methyl sites for hydroxylation is 1. The van der Waals surface area contributed by atoms with Crippen LogP contribution in [0.3, 0.4) is 0 Å². The van der Waals surface area contributed by atoms with E-state index in [1.165, 1.54) is 7.11 Å². The Balaban J connectivity index is 1.50. The lowest BCUT2D eigenvalue weighted by Crippen LogP contribution is -2.47. The summed E-state index contributed by atoms with van der Waals surface area (Å²) < 4.78 is 5.11. The molecule has 0 aliphatic carbocycles. The maximum absolute atomic E-state index is 14.1. The van der Waals surface area contributed by atoms with Gasteiger partial charge in [0.1, 0.15) is 0 Å². The number of esters is 1. The lowest BCUT2D eigenvalue weighted by molar-refractivity contribution is -0.120. The second kappa shape index (κ2) is 11.4. The van der Waals surface area contributed by atoms with E-state index in [0.29, 0.717) is 31.5 Å². The number of carbonyl (C=O) groups is 2. The first kappa shape index (κ1) is 25.3. The van der Waals surface area contributed by atoms with Crippen molar-refractivity contribution in [3.8, 4) is 11.1 Å². The highest BCUT2D eigenvalue weighted by atomic mass is 16.5. The van der Waals surface area contributed by atoms with Crippen molar-refractivity contribution < 1.29 is 14.3 Å². The molecule has 0 fully saturated rings. The van der Waals surface area contributed by atoms with Gasteiger partial charge in [-0.1, -0.05) is 36.4 Å². The zero-order valence-electron chi connectivity index (χ0n) is 21.6. The molecule has 4 aromatic rings. The molecule has 1 N–H and O–H groups in total. The Hall–Kier alpha value is -4.36. The van der Waals surface area contributed by atoms with E-state index in [1.54, 1.807) is 17.3 Å². The second-order valence-corrected chi connectivity index (χ2v) is 9.38. The molecular weight excluding hydrogens is 476 g/mol. The molecule has 2 aromatic carbocycles. The maximum atomic E-state index is 14.1. The van der Waals surface area contributed by atoms with Crippen LogP contribution in [0.5, 0.6) is 0 Å². The fourth-order valence-corrected chi connectivity index (χ4v) is 4.93. The van der Waals surface area contributed by atoms with Crippen LogP contribution in [0.1, 0.15) is 32.9 Å². The number of ether oxygens (including phenoxy) is 1. The molecule has 192 valence electrons. The van der Waals surface area contributed by atoms with Gasteiger partial charge in [0.25, 0.3) is 0 Å². The zero-order chi connectivity index (χ0) is 26.5. The number of hydrogen-bond acceptors (Lipinski definition) is 6. The summed E-state index contributed by atoms with van der Waals surface area (Å²) in [5, 5.41) is 3.44. The van der Waals surface area contributed by atoms with Crippen LogP contribution in [-0.4, -0.2) is 41.5 Å². The van der Waals surface area contributed by atoms with Crippen molar-refractivity contribution in [1.82, 2.24) is 15.3 Å². The number of aromatic nitrogens is 2. The van der Waals surface area contributed by atoms with Gasteiger partial charge in [-0.3, -0.25) is 20.1 Å². The predicted molar refractivity (Wildman–Crippen MR) is 147 cm³/mol. The van der Waals surface area contributed by atoms with Gasteiger partial charge < -0.3 is 9.64 Å². The Morgan fingerprint density at radius 1 is 0.974 bits per heavy atom. The summed E-state index contributed by atoms with van der Waals surface area (Å²) in [4.78, 5) is 37.4. The summed E-state index contributed by atoms with van der Waals surface area (Å²) in [6.45, 7) is 2.89. The quantitative estimate of drug-likeness (QED) is 0.354. The Morgan fingerprint density at radius 2 is 1.79 bits per heavy atom. The van der Waals surface area contributed by atoms with E-state index in [1.807, 2.05) is 79.7 Å². The minimum Gasteiger partial charge on any atom is -0.465 e. The van der Waals surface area contributed by atoms with Crippen molar-refractivity contribution in [2.24, 2.45) is 0 Å². The van der Waals surface area contributed by atoms with Crippen molar-refractivity contribution in [3.05, 3.63) is 113 Å². The highest BCUT2D eigenvalue weighted by molar-refractivity contribution is 6.03. The van der Waals surface area contributed by atoms with Gasteiger partial charge in [0.05, 0.1) is 24.4 Å². The number of nitrogens with zero attached hydrogens (tertiary/aromatic N) is 3. The number of methoxy groups -OCH3 is 1. The molecule has 38 heavy (non-hydrogen) atoms. The summed E-state index contributed by atoms with van der Waals surface area (Å²) in [6.07, 6.45) is 4.61. The molecule has 7 nitrogen and oxygen atoms in total. The van der Waals surface area contributed by atoms with Gasteiger partial charge in [0.15, 0.2) is 0 Å². The van der Waals surface area contributed by atoms with Crippen LogP contribution in [-0.2, 0) is 28.9 Å². The van der Waals surface area contributed by atoms with Crippen molar-refractivity contribution in [2.75, 3.05) is 18.6 Å². The summed E-state index contributed by atoms with van der Waals surface area (Å²) in [7, 11) is 1.38. The Kier molecular flexibility index (Phi) is 7.56. The average Bonchev–Trinajstić information content (AvgIpc) is 3.39. The lowest BCUT2D eigenvalue weighted by Gasteiger charge is -2.26. The Bertz CT molecular complexity index is 1440. The number of amides is 1. The van der Waals surface area contributed by atoms with E-state index >= 15 is 0 Å². The van der Waals surface area contributed by atoms with Crippen molar-refractivity contribution in [1.29, 1.82) is 0 Å². The van der Waals surface area contributed by atoms with E-state index in [9.17, 15) is 9.59 Å².